The number of imidazole rings is 1. The molecule has 3 aromatic rings. The van der Waals surface area contributed by atoms with Crippen molar-refractivity contribution in [1.82, 2.24) is 19.5 Å². The topological polar surface area (TPSA) is 147 Å². The number of aliphatic hydroxyl groups excluding tert-OH is 2. The smallest absolute Gasteiger partial charge is 0.327 e. The van der Waals surface area contributed by atoms with Crippen LogP contribution < -0.4 is 5.73 Å². The molecule has 0 radical (unpaired) electrons. The third-order valence-electron chi connectivity index (χ3n) is 5.76. The molecule has 36 heavy (non-hydrogen) atoms. The van der Waals surface area contributed by atoms with Gasteiger partial charge in [0, 0.05) is 12.0 Å². The number of hydrogen-bond acceptors (Lipinski definition) is 11. The van der Waals surface area contributed by atoms with E-state index in [1.54, 1.807) is 0 Å². The monoisotopic (exact) mass is 567 g/mol. The van der Waals surface area contributed by atoms with E-state index >= 15 is 0 Å². The number of ether oxygens (including phenoxy) is 1. The summed E-state index contributed by atoms with van der Waals surface area (Å²) in [5.74, 6) is -3.91. The maximum Gasteiger partial charge on any atom is 0.327 e. The number of nitrogen functional groups attached to an aromatic ring is 1. The molecule has 2 aromatic heterocycles. The molecule has 2 saturated heterocycles. The fraction of sp³-hybridized carbons (Fsp3) is 0.421. The molecule has 2 aliphatic rings. The third-order valence-corrected chi connectivity index (χ3v) is 8.46. The number of nitrogens with two attached hydrogens (primary N) is 1. The summed E-state index contributed by atoms with van der Waals surface area (Å²) in [6.45, 7) is -3.94. The highest BCUT2D eigenvalue weighted by molar-refractivity contribution is 8.07. The molecule has 2 aliphatic heterocycles. The molecule has 1 aromatic carbocycles. The van der Waals surface area contributed by atoms with E-state index in [0.717, 1.165) is 0 Å². The van der Waals surface area contributed by atoms with Gasteiger partial charge in [0.25, 0.3) is 0 Å². The van der Waals surface area contributed by atoms with E-state index in [0.29, 0.717) is 6.07 Å². The van der Waals surface area contributed by atoms with Crippen molar-refractivity contribution in [3.63, 3.8) is 0 Å². The number of halogens is 4. The zero-order valence-electron chi connectivity index (χ0n) is 18.0. The maximum atomic E-state index is 14.5. The van der Waals surface area contributed by atoms with Crippen LogP contribution in [0.2, 0.25) is 5.02 Å². The van der Waals surface area contributed by atoms with Crippen LogP contribution in [-0.2, 0) is 30.1 Å². The summed E-state index contributed by atoms with van der Waals surface area (Å²) in [6.07, 6.45) is -3.47. The highest BCUT2D eigenvalue weighted by Gasteiger charge is 2.46. The second-order valence-electron chi connectivity index (χ2n) is 7.98. The first-order chi connectivity index (χ1) is 17.1. The van der Waals surface area contributed by atoms with E-state index in [1.165, 1.54) is 17.2 Å². The van der Waals surface area contributed by atoms with Crippen molar-refractivity contribution in [2.24, 2.45) is 0 Å². The van der Waals surface area contributed by atoms with Gasteiger partial charge in [0.2, 0.25) is 0 Å². The van der Waals surface area contributed by atoms with E-state index in [2.05, 4.69) is 15.0 Å². The zero-order chi connectivity index (χ0) is 25.8. The molecular weight excluding hydrogens is 550 g/mol. The Hall–Kier alpha value is -1.94. The summed E-state index contributed by atoms with van der Waals surface area (Å²) in [6, 6.07) is 0.642. The predicted molar refractivity (Wildman–Crippen MR) is 122 cm³/mol. The number of nitrogens with zero attached hydrogens (tertiary/aromatic N) is 4. The summed E-state index contributed by atoms with van der Waals surface area (Å²) in [5, 5.41) is 20.1. The Labute approximate surface area is 211 Å². The summed E-state index contributed by atoms with van der Waals surface area (Å²) in [4.78, 5) is 12.0. The number of fused-ring (bicyclic) bond motifs is 1. The maximum absolute atomic E-state index is 14.5. The summed E-state index contributed by atoms with van der Waals surface area (Å²) < 4.78 is 65.7. The molecule has 5 rings (SSSR count). The lowest BCUT2D eigenvalue weighted by Gasteiger charge is -2.33. The standard InChI is InChI=1S/C19H18ClF3N5O6PS/c20-11-12(22)7(3-8(21)13(11)23)9-1-2-31-35(36,34-9)32-4-10-15(29)16(30)19(33-10)28-6-27-14-17(24)25-5-26-18(14)28/h3,5-6,9-10,15-16,19,29-30H,1-2,4H2,(H2,24,25,26)/t9?,10-,15-,16-,19-,35?/m1/s1. The molecule has 0 amide bonds. The molecular formula is C19H18ClF3N5O6PS. The highest BCUT2D eigenvalue weighted by Crippen LogP contribution is 2.58. The molecule has 6 atom stereocenters. The average molecular weight is 568 g/mol. The molecule has 0 saturated carbocycles. The van der Waals surface area contributed by atoms with Crippen molar-refractivity contribution in [3.8, 4) is 0 Å². The van der Waals surface area contributed by atoms with Crippen molar-refractivity contribution < 1.29 is 41.7 Å². The van der Waals surface area contributed by atoms with Gasteiger partial charge in [-0.05, 0) is 17.9 Å². The molecule has 4 heterocycles. The Morgan fingerprint density at radius 1 is 1.22 bits per heavy atom. The molecule has 0 spiro atoms. The number of rotatable bonds is 5. The van der Waals surface area contributed by atoms with Crippen LogP contribution in [0.4, 0.5) is 19.0 Å². The largest absolute Gasteiger partial charge is 0.387 e. The first-order valence-corrected chi connectivity index (χ1v) is 13.4. The molecule has 4 N–H and O–H groups in total. The van der Waals surface area contributed by atoms with Gasteiger partial charge in [0.15, 0.2) is 35.1 Å². The van der Waals surface area contributed by atoms with Gasteiger partial charge < -0.3 is 34.3 Å². The van der Waals surface area contributed by atoms with Gasteiger partial charge in [0.05, 0.1) is 25.6 Å². The van der Waals surface area contributed by atoms with Crippen molar-refractivity contribution in [2.45, 2.75) is 37.1 Å². The van der Waals surface area contributed by atoms with E-state index in [4.69, 9.17) is 47.4 Å². The van der Waals surface area contributed by atoms with E-state index < -0.39 is 59.8 Å². The number of hydrogen-bond donors (Lipinski definition) is 3. The fourth-order valence-corrected chi connectivity index (χ4v) is 6.24. The molecule has 2 fully saturated rings. The van der Waals surface area contributed by atoms with Crippen LogP contribution in [-0.4, -0.2) is 61.3 Å². The quantitative estimate of drug-likeness (QED) is 0.237. The van der Waals surface area contributed by atoms with E-state index in [1.807, 2.05) is 0 Å². The second-order valence-corrected chi connectivity index (χ2v) is 11.3. The Morgan fingerprint density at radius 3 is 2.78 bits per heavy atom. The van der Waals surface area contributed by atoms with E-state index in [-0.39, 0.29) is 42.2 Å². The minimum Gasteiger partial charge on any atom is -0.387 e. The molecule has 11 nitrogen and oxygen atoms in total. The summed E-state index contributed by atoms with van der Waals surface area (Å²) in [5.41, 5.74) is 6.02. The average Bonchev–Trinajstić information content (AvgIpc) is 3.41. The number of aliphatic hydroxyl groups is 2. The van der Waals surface area contributed by atoms with Crippen molar-refractivity contribution in [3.05, 3.63) is 46.8 Å². The first-order valence-electron chi connectivity index (χ1n) is 10.4. The normalized spacial score (nSPS) is 30.8. The zero-order valence-corrected chi connectivity index (χ0v) is 20.5. The van der Waals surface area contributed by atoms with Gasteiger partial charge in [-0.2, -0.15) is 0 Å². The first kappa shape index (κ1) is 25.7. The molecule has 0 bridgehead atoms. The predicted octanol–water partition coefficient (Wildman–Crippen LogP) is 2.52. The number of aromatic nitrogens is 4. The van der Waals surface area contributed by atoms with Gasteiger partial charge in [-0.1, -0.05) is 11.6 Å². The number of anilines is 1. The van der Waals surface area contributed by atoms with Gasteiger partial charge in [0.1, 0.15) is 35.2 Å². The van der Waals surface area contributed by atoms with Crippen LogP contribution in [0.25, 0.3) is 11.2 Å². The minimum atomic E-state index is -3.54. The fourth-order valence-electron chi connectivity index (χ4n) is 3.93. The van der Waals surface area contributed by atoms with Crippen LogP contribution in [0.1, 0.15) is 24.3 Å². The van der Waals surface area contributed by atoms with Gasteiger partial charge in [-0.3, -0.25) is 4.57 Å². The lowest BCUT2D eigenvalue weighted by Crippen LogP contribution is -2.34. The Kier molecular flexibility index (Phi) is 6.95. The molecule has 0 aliphatic carbocycles. The highest BCUT2D eigenvalue weighted by atomic mass is 35.5. The van der Waals surface area contributed by atoms with Crippen LogP contribution in [0.15, 0.2) is 18.7 Å². The lowest BCUT2D eigenvalue weighted by molar-refractivity contribution is -0.0533. The third kappa shape index (κ3) is 4.48. The summed E-state index contributed by atoms with van der Waals surface area (Å²) in [7, 11) is 0. The van der Waals surface area contributed by atoms with Gasteiger partial charge in [-0.25, -0.2) is 28.1 Å². The molecule has 2 unspecified atom stereocenters. The molecule has 194 valence electrons. The van der Waals surface area contributed by atoms with Crippen molar-refractivity contribution >= 4 is 47.1 Å². The lowest BCUT2D eigenvalue weighted by atomic mass is 10.1. The van der Waals surface area contributed by atoms with E-state index in [9.17, 15) is 23.4 Å². The van der Waals surface area contributed by atoms with Gasteiger partial charge in [-0.15, -0.1) is 0 Å². The van der Waals surface area contributed by atoms with Crippen LogP contribution in [0.3, 0.4) is 0 Å². The Balaban J connectivity index is 1.30. The van der Waals surface area contributed by atoms with Crippen molar-refractivity contribution in [1.29, 1.82) is 0 Å². The second kappa shape index (κ2) is 9.74. The molecule has 17 heteroatoms. The Morgan fingerprint density at radius 2 is 2.00 bits per heavy atom. The Bertz CT molecular complexity index is 1370. The van der Waals surface area contributed by atoms with Crippen LogP contribution in [0.5, 0.6) is 0 Å². The minimum absolute atomic E-state index is 0.0283. The van der Waals surface area contributed by atoms with Crippen molar-refractivity contribution in [2.75, 3.05) is 18.9 Å². The van der Waals surface area contributed by atoms with Crippen LogP contribution in [0, 0.1) is 17.5 Å². The summed E-state index contributed by atoms with van der Waals surface area (Å²) >= 11 is 10.9. The SMILES string of the molecule is Nc1ncnc2c1ncn2[C@@H]1O[C@H](COP2(=S)OCCC(c3cc(F)c(F)c(Cl)c3F)O2)[C@@H](O)[C@H]1O. The van der Waals surface area contributed by atoms with Crippen LogP contribution >= 0.6 is 18.3 Å². The van der Waals surface area contributed by atoms with Gasteiger partial charge >= 0.3 is 6.72 Å². The number of benzene rings is 1.